The molecule has 1 aromatic rings. The van der Waals surface area contributed by atoms with E-state index in [1.165, 1.54) is 0 Å². The molecule has 6 heteroatoms. The third-order valence-electron chi connectivity index (χ3n) is 2.30. The summed E-state index contributed by atoms with van der Waals surface area (Å²) >= 11 is 0. The van der Waals surface area contributed by atoms with Gasteiger partial charge in [0.1, 0.15) is 6.04 Å². The molecule has 1 aromatic carbocycles. The number of carboxylic acid groups (broad SMARTS) is 1. The van der Waals surface area contributed by atoms with Gasteiger partial charge in [-0.1, -0.05) is 30.3 Å². The van der Waals surface area contributed by atoms with E-state index >= 15 is 0 Å². The van der Waals surface area contributed by atoms with Crippen molar-refractivity contribution in [3.63, 3.8) is 0 Å². The van der Waals surface area contributed by atoms with E-state index in [2.05, 4.69) is 10.6 Å². The number of carboxylic acids is 1. The number of carbonyl (C=O) groups is 2. The first kappa shape index (κ1) is 14.1. The Labute approximate surface area is 105 Å². The minimum atomic E-state index is -1.09. The fraction of sp³-hybridized carbons (Fsp3) is 0.333. The average molecular weight is 251 g/mol. The van der Waals surface area contributed by atoms with Gasteiger partial charge >= 0.3 is 5.97 Å². The Morgan fingerprint density at radius 2 is 1.94 bits per heavy atom. The Hall–Kier alpha value is -1.92. The predicted octanol–water partition coefficient (Wildman–Crippen LogP) is -0.696. The molecular weight excluding hydrogens is 234 g/mol. The van der Waals surface area contributed by atoms with Crippen LogP contribution in [-0.2, 0) is 16.1 Å². The van der Waals surface area contributed by atoms with E-state index in [9.17, 15) is 9.59 Å². The highest BCUT2D eigenvalue weighted by Crippen LogP contribution is 1.96. The maximum absolute atomic E-state index is 11.4. The molecule has 1 atom stereocenters. The van der Waals surface area contributed by atoms with Gasteiger partial charge < -0.3 is 21.5 Å². The van der Waals surface area contributed by atoms with Crippen molar-refractivity contribution in [3.05, 3.63) is 35.9 Å². The molecule has 0 radical (unpaired) electrons. The van der Waals surface area contributed by atoms with E-state index in [0.717, 1.165) is 5.56 Å². The normalized spacial score (nSPS) is 11.8. The summed E-state index contributed by atoms with van der Waals surface area (Å²) in [5.74, 6) is -1.29. The quantitative estimate of drug-likeness (QED) is 0.513. The van der Waals surface area contributed by atoms with Crippen LogP contribution >= 0.6 is 0 Å². The van der Waals surface area contributed by atoms with Crippen LogP contribution in [0.3, 0.4) is 0 Å². The lowest BCUT2D eigenvalue weighted by Gasteiger charge is -2.09. The van der Waals surface area contributed by atoms with Crippen LogP contribution in [-0.4, -0.2) is 36.1 Å². The fourth-order valence-electron chi connectivity index (χ4n) is 1.29. The largest absolute Gasteiger partial charge is 0.480 e. The second kappa shape index (κ2) is 7.41. The van der Waals surface area contributed by atoms with Crippen molar-refractivity contribution < 1.29 is 14.7 Å². The SMILES string of the molecule is NC(CNCC(=O)NCc1ccccc1)C(=O)O. The minimum Gasteiger partial charge on any atom is -0.480 e. The maximum atomic E-state index is 11.4. The first-order chi connectivity index (χ1) is 8.59. The summed E-state index contributed by atoms with van der Waals surface area (Å²) in [6, 6.07) is 8.52. The van der Waals surface area contributed by atoms with Crippen molar-refractivity contribution in [1.82, 2.24) is 10.6 Å². The summed E-state index contributed by atoms with van der Waals surface area (Å²) in [5, 5.41) is 13.9. The molecule has 1 amide bonds. The highest BCUT2D eigenvalue weighted by atomic mass is 16.4. The summed E-state index contributed by atoms with van der Waals surface area (Å²) in [4.78, 5) is 21.8. The van der Waals surface area contributed by atoms with Crippen LogP contribution in [0.15, 0.2) is 30.3 Å². The topological polar surface area (TPSA) is 104 Å². The van der Waals surface area contributed by atoms with Crippen molar-refractivity contribution in [1.29, 1.82) is 0 Å². The lowest BCUT2D eigenvalue weighted by atomic mass is 10.2. The first-order valence-corrected chi connectivity index (χ1v) is 5.59. The Bertz CT molecular complexity index is 395. The van der Waals surface area contributed by atoms with E-state index in [0.29, 0.717) is 6.54 Å². The van der Waals surface area contributed by atoms with Crippen LogP contribution in [0.2, 0.25) is 0 Å². The second-order valence-corrected chi connectivity index (χ2v) is 3.84. The van der Waals surface area contributed by atoms with Crippen LogP contribution in [0.1, 0.15) is 5.56 Å². The van der Waals surface area contributed by atoms with Gasteiger partial charge in [-0.2, -0.15) is 0 Å². The first-order valence-electron chi connectivity index (χ1n) is 5.59. The molecule has 0 aromatic heterocycles. The average Bonchev–Trinajstić information content (AvgIpc) is 2.37. The predicted molar refractivity (Wildman–Crippen MR) is 66.8 cm³/mol. The lowest BCUT2D eigenvalue weighted by Crippen LogP contribution is -2.43. The third kappa shape index (κ3) is 5.42. The zero-order chi connectivity index (χ0) is 13.4. The van der Waals surface area contributed by atoms with E-state index < -0.39 is 12.0 Å². The standard InChI is InChI=1S/C12H17N3O3/c13-10(12(17)18)7-14-8-11(16)15-6-9-4-2-1-3-5-9/h1-5,10,14H,6-8,13H2,(H,15,16)(H,17,18). The molecule has 18 heavy (non-hydrogen) atoms. The van der Waals surface area contributed by atoms with E-state index in [-0.39, 0.29) is 19.0 Å². The molecule has 1 unspecified atom stereocenters. The van der Waals surface area contributed by atoms with Gasteiger partial charge in [0.15, 0.2) is 0 Å². The molecule has 5 N–H and O–H groups in total. The Balaban J connectivity index is 2.17. The molecule has 6 nitrogen and oxygen atoms in total. The van der Waals surface area contributed by atoms with Crippen LogP contribution < -0.4 is 16.4 Å². The third-order valence-corrected chi connectivity index (χ3v) is 2.30. The molecule has 0 aliphatic rings. The zero-order valence-electron chi connectivity index (χ0n) is 9.93. The van der Waals surface area contributed by atoms with Crippen molar-refractivity contribution in [2.24, 2.45) is 5.73 Å². The number of rotatable bonds is 7. The summed E-state index contributed by atoms with van der Waals surface area (Å²) < 4.78 is 0. The van der Waals surface area contributed by atoms with E-state index in [1.54, 1.807) is 0 Å². The summed E-state index contributed by atoms with van der Waals surface area (Å²) in [6.45, 7) is 0.564. The Morgan fingerprint density at radius 3 is 2.56 bits per heavy atom. The molecule has 0 saturated heterocycles. The highest BCUT2D eigenvalue weighted by Gasteiger charge is 2.10. The molecule has 0 bridgehead atoms. The number of hydrogen-bond acceptors (Lipinski definition) is 4. The van der Waals surface area contributed by atoms with Gasteiger partial charge in [-0.15, -0.1) is 0 Å². The Morgan fingerprint density at radius 1 is 1.28 bits per heavy atom. The van der Waals surface area contributed by atoms with Crippen molar-refractivity contribution in [2.45, 2.75) is 12.6 Å². The van der Waals surface area contributed by atoms with Crippen LogP contribution in [0, 0.1) is 0 Å². The number of nitrogens with two attached hydrogens (primary N) is 1. The smallest absolute Gasteiger partial charge is 0.321 e. The molecule has 0 aliphatic heterocycles. The van der Waals surface area contributed by atoms with Crippen molar-refractivity contribution >= 4 is 11.9 Å². The summed E-state index contributed by atoms with van der Waals surface area (Å²) in [6.07, 6.45) is 0. The number of benzene rings is 1. The van der Waals surface area contributed by atoms with Gasteiger partial charge in [0.25, 0.3) is 0 Å². The van der Waals surface area contributed by atoms with Crippen molar-refractivity contribution in [3.8, 4) is 0 Å². The maximum Gasteiger partial charge on any atom is 0.321 e. The minimum absolute atomic E-state index is 0.0494. The van der Waals surface area contributed by atoms with E-state index in [4.69, 9.17) is 10.8 Å². The number of nitrogens with one attached hydrogen (secondary N) is 2. The summed E-state index contributed by atoms with van der Waals surface area (Å²) in [5.41, 5.74) is 6.28. The molecule has 1 rings (SSSR count). The number of carbonyl (C=O) groups excluding carboxylic acids is 1. The molecule has 98 valence electrons. The van der Waals surface area contributed by atoms with Gasteiger partial charge in [0.2, 0.25) is 5.91 Å². The number of aliphatic carboxylic acids is 1. The molecular formula is C12H17N3O3. The molecule has 0 saturated carbocycles. The van der Waals surface area contributed by atoms with Gasteiger partial charge in [-0.3, -0.25) is 9.59 Å². The molecule has 0 heterocycles. The van der Waals surface area contributed by atoms with Gasteiger partial charge in [-0.05, 0) is 5.56 Å². The van der Waals surface area contributed by atoms with Crippen LogP contribution in [0.25, 0.3) is 0 Å². The van der Waals surface area contributed by atoms with Gasteiger partial charge in [0.05, 0.1) is 6.54 Å². The monoisotopic (exact) mass is 251 g/mol. The highest BCUT2D eigenvalue weighted by molar-refractivity contribution is 5.78. The molecule has 0 spiro atoms. The van der Waals surface area contributed by atoms with Crippen molar-refractivity contribution in [2.75, 3.05) is 13.1 Å². The van der Waals surface area contributed by atoms with Gasteiger partial charge in [0, 0.05) is 13.1 Å². The van der Waals surface area contributed by atoms with E-state index in [1.807, 2.05) is 30.3 Å². The molecule has 0 aliphatic carbocycles. The second-order valence-electron chi connectivity index (χ2n) is 3.84. The number of hydrogen-bond donors (Lipinski definition) is 4. The summed E-state index contributed by atoms with van der Waals surface area (Å²) in [7, 11) is 0. The van der Waals surface area contributed by atoms with Gasteiger partial charge in [-0.25, -0.2) is 0 Å². The van der Waals surface area contributed by atoms with Crippen LogP contribution in [0.5, 0.6) is 0 Å². The zero-order valence-corrected chi connectivity index (χ0v) is 9.93. The number of amides is 1. The lowest BCUT2D eigenvalue weighted by molar-refractivity contribution is -0.138. The Kier molecular flexibility index (Phi) is 5.83. The van der Waals surface area contributed by atoms with Crippen LogP contribution in [0.4, 0.5) is 0 Å². The molecule has 0 fully saturated rings. The fourth-order valence-corrected chi connectivity index (χ4v) is 1.29.